The number of rotatable bonds is 9. The van der Waals surface area contributed by atoms with Crippen LogP contribution >= 0.6 is 0 Å². The van der Waals surface area contributed by atoms with Gasteiger partial charge in [-0.1, -0.05) is 94.4 Å². The molecule has 0 radical (unpaired) electrons. The van der Waals surface area contributed by atoms with Crippen molar-refractivity contribution < 1.29 is 14.0 Å². The van der Waals surface area contributed by atoms with Crippen LogP contribution < -0.4 is 10.4 Å². The Kier molecular flexibility index (Phi) is 8.41. The second-order valence-electron chi connectivity index (χ2n) is 8.51. The highest BCUT2D eigenvalue weighted by Crippen LogP contribution is 2.36. The zero-order valence-electron chi connectivity index (χ0n) is 18.4. The second-order valence-corrected chi connectivity index (χ2v) is 12.8. The van der Waals surface area contributed by atoms with Gasteiger partial charge in [0.15, 0.2) is 0 Å². The molecule has 0 aliphatic heterocycles. The molecule has 0 saturated heterocycles. The molecule has 0 bridgehead atoms. The standard InChI is InChI=1S/C25H34O3Si/c1-21(18-19-24(26)27-5)13-12-20-28-29(25(2,3)4,22-14-8-6-9-15-22)23-16-10-7-11-17-23/h6-11,14-19,21H,12-13,20H2,1-5H3/b19-18+/t21-/m0/s1. The van der Waals surface area contributed by atoms with Gasteiger partial charge in [0.1, 0.15) is 0 Å². The Morgan fingerprint density at radius 1 is 1.00 bits per heavy atom. The van der Waals surface area contributed by atoms with E-state index in [0.29, 0.717) is 12.5 Å². The number of hydrogen-bond acceptors (Lipinski definition) is 3. The Labute approximate surface area is 176 Å². The van der Waals surface area contributed by atoms with Crippen LogP contribution in [0.3, 0.4) is 0 Å². The Morgan fingerprint density at radius 2 is 1.52 bits per heavy atom. The van der Waals surface area contributed by atoms with Crippen LogP contribution in [0.5, 0.6) is 0 Å². The Balaban J connectivity index is 2.21. The van der Waals surface area contributed by atoms with E-state index < -0.39 is 8.32 Å². The molecule has 4 heteroatoms. The third-order valence-electron chi connectivity index (χ3n) is 5.30. The first-order chi connectivity index (χ1) is 13.8. The summed E-state index contributed by atoms with van der Waals surface area (Å²) in [6.07, 6.45) is 5.32. The van der Waals surface area contributed by atoms with Gasteiger partial charge in [-0.3, -0.25) is 0 Å². The molecule has 0 N–H and O–H groups in total. The molecule has 0 amide bonds. The van der Waals surface area contributed by atoms with E-state index in [2.05, 4.69) is 93.1 Å². The number of carbonyl (C=O) groups is 1. The van der Waals surface area contributed by atoms with E-state index in [4.69, 9.17) is 4.43 Å². The van der Waals surface area contributed by atoms with E-state index in [1.54, 1.807) is 0 Å². The summed E-state index contributed by atoms with van der Waals surface area (Å²) >= 11 is 0. The predicted molar refractivity (Wildman–Crippen MR) is 123 cm³/mol. The van der Waals surface area contributed by atoms with Gasteiger partial charge in [0.2, 0.25) is 0 Å². The number of carbonyl (C=O) groups excluding carboxylic acids is 1. The van der Waals surface area contributed by atoms with Crippen LogP contribution in [0.1, 0.15) is 40.5 Å². The summed E-state index contributed by atoms with van der Waals surface area (Å²) < 4.78 is 11.5. The largest absolute Gasteiger partial charge is 0.466 e. The summed E-state index contributed by atoms with van der Waals surface area (Å²) in [6, 6.07) is 21.4. The minimum Gasteiger partial charge on any atom is -0.466 e. The van der Waals surface area contributed by atoms with Gasteiger partial charge in [-0.2, -0.15) is 0 Å². The quantitative estimate of drug-likeness (QED) is 0.260. The van der Waals surface area contributed by atoms with Crippen LogP contribution in [0.25, 0.3) is 0 Å². The minimum absolute atomic E-state index is 0.00783. The van der Waals surface area contributed by atoms with E-state index in [1.807, 2.05) is 6.08 Å². The number of benzene rings is 2. The summed E-state index contributed by atoms with van der Waals surface area (Å²) in [7, 11) is -1.06. The molecule has 156 valence electrons. The Hall–Kier alpha value is -2.17. The highest BCUT2D eigenvalue weighted by molar-refractivity contribution is 6.99. The average Bonchev–Trinajstić information content (AvgIpc) is 2.72. The summed E-state index contributed by atoms with van der Waals surface area (Å²) in [6.45, 7) is 9.69. The molecule has 0 aliphatic carbocycles. The summed E-state index contributed by atoms with van der Waals surface area (Å²) in [4.78, 5) is 11.3. The van der Waals surface area contributed by atoms with Crippen LogP contribution in [0.4, 0.5) is 0 Å². The Bertz CT molecular complexity index is 739. The van der Waals surface area contributed by atoms with Gasteiger partial charge in [-0.25, -0.2) is 4.79 Å². The molecule has 3 nitrogen and oxygen atoms in total. The lowest BCUT2D eigenvalue weighted by molar-refractivity contribution is -0.134. The maximum Gasteiger partial charge on any atom is 0.330 e. The van der Waals surface area contributed by atoms with Crippen molar-refractivity contribution in [2.75, 3.05) is 13.7 Å². The number of allylic oxidation sites excluding steroid dienone is 1. The number of ether oxygens (including phenoxy) is 1. The molecule has 0 heterocycles. The molecule has 0 aromatic heterocycles. The first kappa shape index (κ1) is 23.1. The first-order valence-electron chi connectivity index (χ1n) is 10.3. The topological polar surface area (TPSA) is 35.5 Å². The van der Waals surface area contributed by atoms with Gasteiger partial charge >= 0.3 is 5.97 Å². The van der Waals surface area contributed by atoms with Gasteiger partial charge in [0.25, 0.3) is 8.32 Å². The van der Waals surface area contributed by atoms with Crippen molar-refractivity contribution in [1.29, 1.82) is 0 Å². The first-order valence-corrected chi connectivity index (χ1v) is 12.2. The van der Waals surface area contributed by atoms with Crippen molar-refractivity contribution in [2.24, 2.45) is 5.92 Å². The van der Waals surface area contributed by atoms with Crippen LogP contribution in [-0.4, -0.2) is 28.0 Å². The van der Waals surface area contributed by atoms with Gasteiger partial charge < -0.3 is 9.16 Å². The zero-order valence-corrected chi connectivity index (χ0v) is 19.4. The fraction of sp³-hybridized carbons (Fsp3) is 0.400. The van der Waals surface area contributed by atoms with Gasteiger partial charge in [0.05, 0.1) is 7.11 Å². The molecule has 1 atom stereocenters. The van der Waals surface area contributed by atoms with Gasteiger partial charge in [-0.05, 0) is 34.2 Å². The fourth-order valence-corrected chi connectivity index (χ4v) is 8.41. The molecule has 29 heavy (non-hydrogen) atoms. The molecule has 0 fully saturated rings. The predicted octanol–water partition coefficient (Wildman–Crippen LogP) is 4.71. The molecule has 2 aromatic carbocycles. The van der Waals surface area contributed by atoms with Gasteiger partial charge in [-0.15, -0.1) is 0 Å². The Morgan fingerprint density at radius 3 is 1.97 bits per heavy atom. The smallest absolute Gasteiger partial charge is 0.330 e. The number of esters is 1. The minimum atomic E-state index is -2.46. The van der Waals surface area contributed by atoms with Crippen molar-refractivity contribution in [2.45, 2.75) is 45.6 Å². The number of methoxy groups -OCH3 is 1. The van der Waals surface area contributed by atoms with Crippen molar-refractivity contribution in [3.8, 4) is 0 Å². The zero-order chi connectivity index (χ0) is 21.3. The maximum atomic E-state index is 11.3. The highest BCUT2D eigenvalue weighted by Gasteiger charge is 2.49. The highest BCUT2D eigenvalue weighted by atomic mass is 28.4. The SMILES string of the molecule is COC(=O)/C=C/[C@@H](C)CCCO[Si](c1ccccc1)(c1ccccc1)C(C)(C)C. The third-order valence-corrected chi connectivity index (χ3v) is 10.3. The number of hydrogen-bond donors (Lipinski definition) is 0. The molecule has 2 rings (SSSR count). The van der Waals surface area contributed by atoms with Crippen molar-refractivity contribution in [3.63, 3.8) is 0 Å². The molecule has 0 spiro atoms. The van der Waals surface area contributed by atoms with Crippen molar-refractivity contribution in [3.05, 3.63) is 72.8 Å². The van der Waals surface area contributed by atoms with E-state index in [-0.39, 0.29) is 11.0 Å². The molecule has 0 unspecified atom stereocenters. The van der Waals surface area contributed by atoms with E-state index in [1.165, 1.54) is 23.6 Å². The lowest BCUT2D eigenvalue weighted by atomic mass is 10.1. The summed E-state index contributed by atoms with van der Waals surface area (Å²) in [5, 5.41) is 2.60. The van der Waals surface area contributed by atoms with E-state index >= 15 is 0 Å². The lowest BCUT2D eigenvalue weighted by Crippen LogP contribution is -2.66. The van der Waals surface area contributed by atoms with E-state index in [9.17, 15) is 4.79 Å². The molecular weight excluding hydrogens is 376 g/mol. The average molecular weight is 411 g/mol. The van der Waals surface area contributed by atoms with Crippen molar-refractivity contribution >= 4 is 24.7 Å². The van der Waals surface area contributed by atoms with Crippen LogP contribution in [0.2, 0.25) is 5.04 Å². The summed E-state index contributed by atoms with van der Waals surface area (Å²) in [5.41, 5.74) is 0. The van der Waals surface area contributed by atoms with E-state index in [0.717, 1.165) is 12.8 Å². The molecule has 0 saturated carbocycles. The molecule has 0 aliphatic rings. The van der Waals surface area contributed by atoms with Crippen LogP contribution in [0.15, 0.2) is 72.8 Å². The van der Waals surface area contributed by atoms with Crippen LogP contribution in [0, 0.1) is 5.92 Å². The molecular formula is C25H34O3Si. The van der Waals surface area contributed by atoms with Crippen molar-refractivity contribution in [1.82, 2.24) is 0 Å². The monoisotopic (exact) mass is 410 g/mol. The second kappa shape index (κ2) is 10.6. The van der Waals surface area contributed by atoms with Gasteiger partial charge in [0, 0.05) is 12.7 Å². The molecule has 2 aromatic rings. The maximum absolute atomic E-state index is 11.3. The third kappa shape index (κ3) is 5.91. The fourth-order valence-electron chi connectivity index (χ4n) is 3.80. The summed E-state index contributed by atoms with van der Waals surface area (Å²) in [5.74, 6) is -0.00253. The van der Waals surface area contributed by atoms with Crippen LogP contribution in [-0.2, 0) is 14.0 Å². The normalized spacial score (nSPS) is 13.4. The lowest BCUT2D eigenvalue weighted by Gasteiger charge is -2.43.